The summed E-state index contributed by atoms with van der Waals surface area (Å²) in [5.41, 5.74) is 2.63. The molecule has 2 aromatic rings. The highest BCUT2D eigenvalue weighted by molar-refractivity contribution is 5.83. The van der Waals surface area contributed by atoms with Gasteiger partial charge in [0.05, 0.1) is 34.5 Å². The lowest BCUT2D eigenvalue weighted by Crippen LogP contribution is -2.45. The highest BCUT2D eigenvalue weighted by Crippen LogP contribution is 2.43. The second-order valence-electron chi connectivity index (χ2n) is 8.42. The summed E-state index contributed by atoms with van der Waals surface area (Å²) in [5, 5.41) is 0. The molecule has 0 aromatic heterocycles. The van der Waals surface area contributed by atoms with Gasteiger partial charge in [0.15, 0.2) is 23.0 Å². The average molecular weight is 414 g/mol. The third-order valence-corrected chi connectivity index (χ3v) is 5.50. The van der Waals surface area contributed by atoms with Gasteiger partial charge in [-0.1, -0.05) is 26.8 Å². The van der Waals surface area contributed by atoms with Crippen molar-refractivity contribution in [3.8, 4) is 23.0 Å². The van der Waals surface area contributed by atoms with Crippen LogP contribution in [-0.2, 0) is 11.2 Å². The summed E-state index contributed by atoms with van der Waals surface area (Å²) in [7, 11) is 6.48. The predicted molar refractivity (Wildman–Crippen MR) is 116 cm³/mol. The number of carbonyl (C=O) groups is 1. The highest BCUT2D eigenvalue weighted by atomic mass is 16.5. The number of hydrogen-bond donors (Lipinski definition) is 0. The molecule has 2 aromatic carbocycles. The summed E-state index contributed by atoms with van der Waals surface area (Å²) in [6.45, 7) is 6.47. The molecule has 0 unspecified atom stereocenters. The van der Waals surface area contributed by atoms with E-state index in [2.05, 4.69) is 0 Å². The topological polar surface area (TPSA) is 57.2 Å². The molecule has 6 heteroatoms. The van der Waals surface area contributed by atoms with Crippen LogP contribution in [0.2, 0.25) is 0 Å². The third-order valence-electron chi connectivity index (χ3n) is 5.50. The van der Waals surface area contributed by atoms with Crippen LogP contribution in [0.25, 0.3) is 0 Å². The number of benzene rings is 2. The number of nitrogens with zero attached hydrogens (tertiary/aromatic N) is 1. The van der Waals surface area contributed by atoms with Gasteiger partial charge in [-0.3, -0.25) is 4.79 Å². The number of rotatable bonds is 5. The molecule has 6 nitrogen and oxygen atoms in total. The molecular formula is C24H31NO5. The van der Waals surface area contributed by atoms with Crippen molar-refractivity contribution in [1.82, 2.24) is 4.90 Å². The van der Waals surface area contributed by atoms with E-state index in [4.69, 9.17) is 18.9 Å². The van der Waals surface area contributed by atoms with Gasteiger partial charge >= 0.3 is 0 Å². The molecule has 0 N–H and O–H groups in total. The molecule has 1 aliphatic heterocycles. The minimum Gasteiger partial charge on any atom is -0.493 e. The average Bonchev–Trinajstić information content (AvgIpc) is 2.75. The first-order valence-electron chi connectivity index (χ1n) is 10.0. The van der Waals surface area contributed by atoms with Crippen LogP contribution < -0.4 is 18.9 Å². The van der Waals surface area contributed by atoms with Crippen LogP contribution in [0.3, 0.4) is 0 Å². The molecule has 1 aliphatic rings. The monoisotopic (exact) mass is 413 g/mol. The number of carbonyl (C=O) groups excluding carboxylic acids is 1. The molecule has 1 heterocycles. The molecule has 0 saturated heterocycles. The smallest absolute Gasteiger partial charge is 0.228 e. The van der Waals surface area contributed by atoms with E-state index >= 15 is 0 Å². The molecule has 0 bridgehead atoms. The van der Waals surface area contributed by atoms with Crippen LogP contribution in [0, 0.1) is 5.41 Å². The standard InChI is InChI=1S/C24H31NO5/c1-24(2,3)23(26)25-11-10-15-12-20(29-6)21(30-7)14-17(15)22(25)16-8-9-18(27-4)19(13-16)28-5/h8-9,12-14,22H,10-11H2,1-7H3/t22-/m1/s1. The van der Waals surface area contributed by atoms with Gasteiger partial charge in [0.2, 0.25) is 5.91 Å². The fraction of sp³-hybridized carbons (Fsp3) is 0.458. The van der Waals surface area contributed by atoms with E-state index < -0.39 is 5.41 Å². The Morgan fingerprint density at radius 1 is 0.867 bits per heavy atom. The van der Waals surface area contributed by atoms with Gasteiger partial charge in [-0.05, 0) is 47.4 Å². The molecule has 0 fully saturated rings. The second kappa shape index (κ2) is 8.46. The fourth-order valence-corrected chi connectivity index (χ4v) is 3.98. The van der Waals surface area contributed by atoms with E-state index in [0.29, 0.717) is 29.5 Å². The van der Waals surface area contributed by atoms with Crippen molar-refractivity contribution < 1.29 is 23.7 Å². The molecule has 162 valence electrons. The van der Waals surface area contributed by atoms with Gasteiger partial charge in [-0.2, -0.15) is 0 Å². The van der Waals surface area contributed by atoms with Crippen molar-refractivity contribution >= 4 is 5.91 Å². The summed E-state index contributed by atoms with van der Waals surface area (Å²) in [6, 6.07) is 9.54. The van der Waals surface area contributed by atoms with Crippen LogP contribution in [0.1, 0.15) is 43.5 Å². The number of amides is 1. The van der Waals surface area contributed by atoms with Crippen LogP contribution in [0.4, 0.5) is 0 Å². The number of methoxy groups -OCH3 is 4. The van der Waals surface area contributed by atoms with Gasteiger partial charge in [0.1, 0.15) is 0 Å². The van der Waals surface area contributed by atoms with Crippen LogP contribution >= 0.6 is 0 Å². The SMILES string of the molecule is COc1ccc([C@@H]2c3cc(OC)c(OC)cc3CCN2C(=O)C(C)(C)C)cc1OC. The summed E-state index contributed by atoms with van der Waals surface area (Å²) in [5.74, 6) is 2.72. The normalized spacial score (nSPS) is 16.0. The molecular weight excluding hydrogens is 382 g/mol. The Kier molecular flexibility index (Phi) is 6.15. The van der Waals surface area contributed by atoms with E-state index in [1.54, 1.807) is 28.4 Å². The first-order valence-corrected chi connectivity index (χ1v) is 10.0. The summed E-state index contributed by atoms with van der Waals surface area (Å²) in [6.07, 6.45) is 0.751. The fourth-order valence-electron chi connectivity index (χ4n) is 3.98. The minimum absolute atomic E-state index is 0.0997. The lowest BCUT2D eigenvalue weighted by molar-refractivity contribution is -0.141. The Bertz CT molecular complexity index is 932. The number of fused-ring (bicyclic) bond motifs is 1. The van der Waals surface area contributed by atoms with Crippen molar-refractivity contribution in [2.75, 3.05) is 35.0 Å². The first-order chi connectivity index (χ1) is 14.2. The Hall–Kier alpha value is -2.89. The third kappa shape index (κ3) is 3.91. The molecule has 0 radical (unpaired) electrons. The highest BCUT2D eigenvalue weighted by Gasteiger charge is 2.38. The summed E-state index contributed by atoms with van der Waals surface area (Å²) >= 11 is 0. The lowest BCUT2D eigenvalue weighted by atomic mass is 9.84. The Balaban J connectivity index is 2.21. The number of ether oxygens (including phenoxy) is 4. The van der Waals surface area contributed by atoms with Crippen molar-refractivity contribution in [3.63, 3.8) is 0 Å². The van der Waals surface area contributed by atoms with Gasteiger partial charge in [0.25, 0.3) is 0 Å². The molecule has 30 heavy (non-hydrogen) atoms. The maximum atomic E-state index is 13.4. The molecule has 0 aliphatic carbocycles. The maximum Gasteiger partial charge on any atom is 0.228 e. The van der Waals surface area contributed by atoms with E-state index in [9.17, 15) is 4.79 Å². The summed E-state index contributed by atoms with van der Waals surface area (Å²) in [4.78, 5) is 15.3. The Morgan fingerprint density at radius 2 is 1.43 bits per heavy atom. The molecule has 0 saturated carbocycles. The van der Waals surface area contributed by atoms with Gasteiger partial charge in [-0.15, -0.1) is 0 Å². The van der Waals surface area contributed by atoms with E-state index in [-0.39, 0.29) is 11.9 Å². The van der Waals surface area contributed by atoms with E-state index in [1.807, 2.05) is 56.0 Å². The van der Waals surface area contributed by atoms with Gasteiger partial charge in [0, 0.05) is 12.0 Å². The molecule has 3 rings (SSSR count). The Labute approximate surface area is 178 Å². The van der Waals surface area contributed by atoms with Crippen molar-refractivity contribution in [2.45, 2.75) is 33.2 Å². The first kappa shape index (κ1) is 21.8. The molecule has 1 amide bonds. The van der Waals surface area contributed by atoms with Gasteiger partial charge in [-0.25, -0.2) is 0 Å². The maximum absolute atomic E-state index is 13.4. The molecule has 0 spiro atoms. The predicted octanol–water partition coefficient (Wildman–Crippen LogP) is 4.24. The van der Waals surface area contributed by atoms with E-state index in [1.165, 1.54) is 0 Å². The quantitative estimate of drug-likeness (QED) is 0.734. The zero-order valence-electron chi connectivity index (χ0n) is 18.9. The Morgan fingerprint density at radius 3 is 2.00 bits per heavy atom. The second-order valence-corrected chi connectivity index (χ2v) is 8.42. The van der Waals surface area contributed by atoms with Crippen LogP contribution in [0.5, 0.6) is 23.0 Å². The van der Waals surface area contributed by atoms with E-state index in [0.717, 1.165) is 23.1 Å². The summed E-state index contributed by atoms with van der Waals surface area (Å²) < 4.78 is 22.0. The van der Waals surface area contributed by atoms with Gasteiger partial charge < -0.3 is 23.8 Å². The minimum atomic E-state index is -0.497. The van der Waals surface area contributed by atoms with Crippen molar-refractivity contribution in [3.05, 3.63) is 47.0 Å². The van der Waals surface area contributed by atoms with Crippen molar-refractivity contribution in [2.24, 2.45) is 5.41 Å². The largest absolute Gasteiger partial charge is 0.493 e. The zero-order chi connectivity index (χ0) is 22.1. The molecule has 1 atom stereocenters. The zero-order valence-corrected chi connectivity index (χ0v) is 18.9. The number of hydrogen-bond acceptors (Lipinski definition) is 5. The van der Waals surface area contributed by atoms with Crippen molar-refractivity contribution in [1.29, 1.82) is 0 Å². The lowest BCUT2D eigenvalue weighted by Gasteiger charge is -2.41. The van der Waals surface area contributed by atoms with Crippen LogP contribution in [0.15, 0.2) is 30.3 Å². The van der Waals surface area contributed by atoms with Crippen LogP contribution in [-0.4, -0.2) is 45.8 Å².